The highest BCUT2D eigenvalue weighted by Gasteiger charge is 2.64. The number of halogens is 2. The summed E-state index contributed by atoms with van der Waals surface area (Å²) in [5.74, 6) is -6.30. The number of ether oxygens (including phenoxy) is 2. The molecule has 11 heteroatoms. The molecule has 1 heterocycles. The number of carbonyl (C=O) groups is 2. The number of nitrogens with one attached hydrogen (secondary N) is 1. The van der Waals surface area contributed by atoms with Crippen LogP contribution in [0.4, 0.5) is 8.78 Å². The number of alkyl halides is 2. The van der Waals surface area contributed by atoms with Crippen LogP contribution in [0.2, 0.25) is 0 Å². The number of rotatable bonds is 5. The van der Waals surface area contributed by atoms with Gasteiger partial charge in [-0.25, -0.2) is 9.18 Å². The van der Waals surface area contributed by atoms with Gasteiger partial charge in [-0.2, -0.15) is 4.39 Å². The van der Waals surface area contributed by atoms with Crippen molar-refractivity contribution in [1.29, 1.82) is 0 Å². The zero-order valence-electron chi connectivity index (χ0n) is 12.4. The topological polar surface area (TPSA) is 146 Å². The van der Waals surface area contributed by atoms with Crippen LogP contribution >= 0.6 is 0 Å². The maximum atomic E-state index is 14.5. The van der Waals surface area contributed by atoms with Crippen molar-refractivity contribution in [2.24, 2.45) is 0 Å². The summed E-state index contributed by atoms with van der Waals surface area (Å²) >= 11 is 0. The largest absolute Gasteiger partial charge is 0.465 e. The summed E-state index contributed by atoms with van der Waals surface area (Å²) in [6, 6.07) is 0. The Morgan fingerprint density at radius 1 is 1.48 bits per heavy atom. The van der Waals surface area contributed by atoms with Gasteiger partial charge >= 0.3 is 11.8 Å². The fourth-order valence-corrected chi connectivity index (χ4v) is 2.28. The standard InChI is InChI=1S/C12H19F2NO8/c1-5(17)15-11(21)3-7(13)12(14,10(20)22-2)23-9(11)8(19)6(18)4-16/h6-9,16,18-19,21H,3-4H2,1-2H3,(H,15,17)/t6?,7-,8?,9+,11-,12-/m1/s1. The zero-order chi connectivity index (χ0) is 18.0. The predicted molar refractivity (Wildman–Crippen MR) is 68.1 cm³/mol. The van der Waals surface area contributed by atoms with Crippen LogP contribution in [0.15, 0.2) is 0 Å². The average Bonchev–Trinajstić information content (AvgIpc) is 2.47. The molecule has 0 spiro atoms. The van der Waals surface area contributed by atoms with Crippen LogP contribution in [0.5, 0.6) is 0 Å². The molecule has 1 amide bonds. The van der Waals surface area contributed by atoms with Crippen molar-refractivity contribution in [3.8, 4) is 0 Å². The quantitative estimate of drug-likeness (QED) is 0.272. The van der Waals surface area contributed by atoms with Gasteiger partial charge in [-0.15, -0.1) is 0 Å². The Hall–Kier alpha value is -1.40. The molecule has 1 aliphatic heterocycles. The normalized spacial score (nSPS) is 36.9. The molecular formula is C12H19F2NO8. The predicted octanol–water partition coefficient (Wildman–Crippen LogP) is -2.51. The summed E-state index contributed by atoms with van der Waals surface area (Å²) in [7, 11) is 0.766. The first-order chi connectivity index (χ1) is 10.5. The highest BCUT2D eigenvalue weighted by molar-refractivity contribution is 5.79. The molecule has 23 heavy (non-hydrogen) atoms. The maximum absolute atomic E-state index is 14.5. The van der Waals surface area contributed by atoms with Gasteiger partial charge in [0.15, 0.2) is 11.9 Å². The molecule has 0 aliphatic carbocycles. The van der Waals surface area contributed by atoms with E-state index >= 15 is 0 Å². The van der Waals surface area contributed by atoms with Crippen molar-refractivity contribution in [2.45, 2.75) is 49.4 Å². The molecule has 6 atom stereocenters. The first-order valence-electron chi connectivity index (χ1n) is 6.59. The number of amides is 1. The van der Waals surface area contributed by atoms with Gasteiger partial charge in [-0.1, -0.05) is 0 Å². The molecule has 2 unspecified atom stereocenters. The van der Waals surface area contributed by atoms with Crippen molar-refractivity contribution >= 4 is 11.9 Å². The Balaban J connectivity index is 3.24. The van der Waals surface area contributed by atoms with E-state index in [1.165, 1.54) is 0 Å². The Morgan fingerprint density at radius 3 is 2.48 bits per heavy atom. The number of esters is 1. The third kappa shape index (κ3) is 3.75. The van der Waals surface area contributed by atoms with Gasteiger partial charge < -0.3 is 35.2 Å². The van der Waals surface area contributed by atoms with Crippen LogP contribution in [0.3, 0.4) is 0 Å². The van der Waals surface area contributed by atoms with Gasteiger partial charge in [0.2, 0.25) is 5.91 Å². The Bertz CT molecular complexity index is 466. The smallest absolute Gasteiger partial charge is 0.375 e. The van der Waals surface area contributed by atoms with E-state index in [0.29, 0.717) is 0 Å². The number of aliphatic hydroxyl groups excluding tert-OH is 3. The lowest BCUT2D eigenvalue weighted by Gasteiger charge is -2.47. The van der Waals surface area contributed by atoms with E-state index in [-0.39, 0.29) is 0 Å². The van der Waals surface area contributed by atoms with Crippen molar-refractivity contribution < 1.29 is 48.3 Å². The first-order valence-corrected chi connectivity index (χ1v) is 6.59. The average molecular weight is 343 g/mol. The monoisotopic (exact) mass is 343 g/mol. The van der Waals surface area contributed by atoms with E-state index in [4.69, 9.17) is 5.11 Å². The van der Waals surface area contributed by atoms with E-state index in [1.54, 1.807) is 0 Å². The fourth-order valence-electron chi connectivity index (χ4n) is 2.28. The summed E-state index contributed by atoms with van der Waals surface area (Å²) in [5, 5.41) is 40.3. The second-order valence-corrected chi connectivity index (χ2v) is 5.19. The summed E-state index contributed by atoms with van der Waals surface area (Å²) in [5.41, 5.74) is -2.63. The Morgan fingerprint density at radius 2 is 2.04 bits per heavy atom. The van der Waals surface area contributed by atoms with Crippen LogP contribution in [0.25, 0.3) is 0 Å². The minimum Gasteiger partial charge on any atom is -0.465 e. The molecule has 0 saturated carbocycles. The van der Waals surface area contributed by atoms with E-state index in [0.717, 1.165) is 14.0 Å². The molecule has 134 valence electrons. The highest BCUT2D eigenvalue weighted by atomic mass is 19.2. The molecule has 1 aliphatic rings. The lowest BCUT2D eigenvalue weighted by Crippen LogP contribution is -2.72. The SMILES string of the molecule is COC(=O)[C@]1(F)O[C@@H](C(O)C(O)CO)[C@@](O)(NC(C)=O)C[C@H]1F. The van der Waals surface area contributed by atoms with Gasteiger partial charge in [-0.05, 0) is 0 Å². The summed E-state index contributed by atoms with van der Waals surface area (Å²) < 4.78 is 37.1. The molecule has 1 saturated heterocycles. The van der Waals surface area contributed by atoms with Gasteiger partial charge in [0.1, 0.15) is 18.3 Å². The number of hydrogen-bond donors (Lipinski definition) is 5. The van der Waals surface area contributed by atoms with Crippen LogP contribution in [-0.2, 0) is 19.1 Å². The summed E-state index contributed by atoms with van der Waals surface area (Å²) in [6.45, 7) is -0.0531. The third-order valence-corrected chi connectivity index (χ3v) is 3.41. The number of methoxy groups -OCH3 is 1. The Kier molecular flexibility index (Phi) is 5.99. The molecule has 0 radical (unpaired) electrons. The number of aliphatic hydroxyl groups is 4. The van der Waals surface area contributed by atoms with Gasteiger partial charge in [0.25, 0.3) is 0 Å². The molecule has 5 N–H and O–H groups in total. The molecule has 0 aromatic carbocycles. The van der Waals surface area contributed by atoms with Crippen molar-refractivity contribution in [3.05, 3.63) is 0 Å². The summed E-state index contributed by atoms with van der Waals surface area (Å²) in [4.78, 5) is 22.6. The lowest BCUT2D eigenvalue weighted by molar-refractivity contribution is -0.318. The third-order valence-electron chi connectivity index (χ3n) is 3.41. The second-order valence-electron chi connectivity index (χ2n) is 5.19. The van der Waals surface area contributed by atoms with E-state index in [9.17, 15) is 33.7 Å². The van der Waals surface area contributed by atoms with Crippen LogP contribution in [0, 0.1) is 0 Å². The lowest BCUT2D eigenvalue weighted by atomic mass is 9.87. The van der Waals surface area contributed by atoms with E-state index in [1.807, 2.05) is 5.32 Å². The van der Waals surface area contributed by atoms with Crippen LogP contribution in [0.1, 0.15) is 13.3 Å². The maximum Gasteiger partial charge on any atom is 0.375 e. The molecule has 0 bridgehead atoms. The second kappa shape index (κ2) is 7.01. The minimum atomic E-state index is -3.67. The van der Waals surface area contributed by atoms with Crippen molar-refractivity contribution in [1.82, 2.24) is 5.32 Å². The van der Waals surface area contributed by atoms with Gasteiger partial charge in [0, 0.05) is 13.3 Å². The minimum absolute atomic E-state index is 0.766. The molecule has 0 aromatic rings. The number of carbonyl (C=O) groups excluding carboxylic acids is 2. The summed E-state index contributed by atoms with van der Waals surface area (Å²) in [6.07, 6.45) is -10.1. The first kappa shape index (κ1) is 19.6. The zero-order valence-corrected chi connectivity index (χ0v) is 12.4. The molecule has 0 aromatic heterocycles. The van der Waals surface area contributed by atoms with Gasteiger partial charge in [0.05, 0.1) is 13.7 Å². The Labute approximate surface area is 129 Å². The van der Waals surface area contributed by atoms with Gasteiger partial charge in [-0.3, -0.25) is 4.79 Å². The van der Waals surface area contributed by atoms with E-state index < -0.39 is 61.0 Å². The molecule has 1 fully saturated rings. The van der Waals surface area contributed by atoms with Crippen molar-refractivity contribution in [2.75, 3.05) is 13.7 Å². The molecule has 9 nitrogen and oxygen atoms in total. The molecule has 1 rings (SSSR count). The highest BCUT2D eigenvalue weighted by Crippen LogP contribution is 2.40. The fraction of sp³-hybridized carbons (Fsp3) is 0.833. The van der Waals surface area contributed by atoms with Crippen LogP contribution < -0.4 is 5.32 Å². The van der Waals surface area contributed by atoms with Crippen molar-refractivity contribution in [3.63, 3.8) is 0 Å². The number of hydrogen-bond acceptors (Lipinski definition) is 8. The van der Waals surface area contributed by atoms with E-state index in [2.05, 4.69) is 9.47 Å². The van der Waals surface area contributed by atoms with Crippen LogP contribution in [-0.4, -0.2) is 82.1 Å². The molecular weight excluding hydrogens is 324 g/mol.